The zero-order valence-corrected chi connectivity index (χ0v) is 15.5. The normalized spacial score (nSPS) is 12.9. The fourth-order valence-corrected chi connectivity index (χ4v) is 2.82. The fourth-order valence-electron chi connectivity index (χ4n) is 2.82. The summed E-state index contributed by atoms with van der Waals surface area (Å²) in [4.78, 5) is 24.3. The van der Waals surface area contributed by atoms with E-state index in [0.29, 0.717) is 12.1 Å². The molecule has 0 fully saturated rings. The number of carbonyl (C=O) groups excluding carboxylic acids is 2. The van der Waals surface area contributed by atoms with Crippen LogP contribution < -0.4 is 10.6 Å². The summed E-state index contributed by atoms with van der Waals surface area (Å²) in [6.07, 6.45) is 1.58. The lowest BCUT2D eigenvalue weighted by Gasteiger charge is -2.32. The molecule has 2 aromatic carbocycles. The van der Waals surface area contributed by atoms with Crippen molar-refractivity contribution in [2.75, 3.05) is 19.0 Å². The standard InChI is InChI=1S/C21H26N2O3/c1-4-16-11-13-18(14-12-16)23-20(25)19(24)22-15-21(5-2,26-3)17-9-7-6-8-10-17/h6-14H,4-5,15H2,1-3H3,(H,22,24)(H,23,25). The van der Waals surface area contributed by atoms with E-state index < -0.39 is 17.4 Å². The lowest BCUT2D eigenvalue weighted by Crippen LogP contribution is -2.45. The van der Waals surface area contributed by atoms with Crippen LogP contribution in [-0.2, 0) is 26.3 Å². The van der Waals surface area contributed by atoms with Gasteiger partial charge in [0.1, 0.15) is 5.60 Å². The molecule has 26 heavy (non-hydrogen) atoms. The zero-order chi connectivity index (χ0) is 19.0. The van der Waals surface area contributed by atoms with Crippen molar-refractivity contribution >= 4 is 17.5 Å². The second kappa shape index (κ2) is 9.15. The third kappa shape index (κ3) is 4.70. The monoisotopic (exact) mass is 354 g/mol. The minimum absolute atomic E-state index is 0.213. The first-order valence-electron chi connectivity index (χ1n) is 8.83. The molecule has 0 bridgehead atoms. The molecule has 5 nitrogen and oxygen atoms in total. The number of rotatable bonds is 7. The minimum Gasteiger partial charge on any atom is -0.372 e. The molecule has 2 amide bonds. The van der Waals surface area contributed by atoms with Gasteiger partial charge in [0.05, 0.1) is 6.54 Å². The number of amides is 2. The van der Waals surface area contributed by atoms with Gasteiger partial charge in [-0.3, -0.25) is 9.59 Å². The number of hydrogen-bond donors (Lipinski definition) is 2. The molecule has 1 atom stereocenters. The first kappa shape index (κ1) is 19.7. The summed E-state index contributed by atoms with van der Waals surface area (Å²) in [6, 6.07) is 17.1. The van der Waals surface area contributed by atoms with Gasteiger partial charge >= 0.3 is 11.8 Å². The number of carbonyl (C=O) groups is 2. The molecule has 138 valence electrons. The van der Waals surface area contributed by atoms with Crippen molar-refractivity contribution in [3.05, 3.63) is 65.7 Å². The molecule has 2 aromatic rings. The van der Waals surface area contributed by atoms with Crippen molar-refractivity contribution in [3.63, 3.8) is 0 Å². The van der Waals surface area contributed by atoms with Crippen LogP contribution in [-0.4, -0.2) is 25.5 Å². The molecule has 2 N–H and O–H groups in total. The number of nitrogens with one attached hydrogen (secondary N) is 2. The molecule has 0 aliphatic heterocycles. The second-order valence-electron chi connectivity index (χ2n) is 6.11. The van der Waals surface area contributed by atoms with Gasteiger partial charge in [-0.15, -0.1) is 0 Å². The molecule has 0 aliphatic rings. The van der Waals surface area contributed by atoms with E-state index >= 15 is 0 Å². The van der Waals surface area contributed by atoms with Crippen LogP contribution in [0.5, 0.6) is 0 Å². The van der Waals surface area contributed by atoms with E-state index in [1.54, 1.807) is 19.2 Å². The predicted octanol–water partition coefficient (Wildman–Crippen LogP) is 3.26. The first-order chi connectivity index (χ1) is 12.5. The molecule has 1 unspecified atom stereocenters. The van der Waals surface area contributed by atoms with Gasteiger partial charge in [-0.05, 0) is 36.1 Å². The maximum Gasteiger partial charge on any atom is 0.313 e. The van der Waals surface area contributed by atoms with Crippen molar-refractivity contribution in [3.8, 4) is 0 Å². The van der Waals surface area contributed by atoms with E-state index in [0.717, 1.165) is 12.0 Å². The highest BCUT2D eigenvalue weighted by Crippen LogP contribution is 2.28. The summed E-state index contributed by atoms with van der Waals surface area (Å²) < 4.78 is 5.70. The number of anilines is 1. The lowest BCUT2D eigenvalue weighted by molar-refractivity contribution is -0.137. The van der Waals surface area contributed by atoms with Crippen molar-refractivity contribution in [2.45, 2.75) is 32.3 Å². The van der Waals surface area contributed by atoms with Gasteiger partial charge in [-0.25, -0.2) is 0 Å². The molecule has 0 spiro atoms. The average molecular weight is 354 g/mol. The van der Waals surface area contributed by atoms with E-state index in [9.17, 15) is 9.59 Å². The van der Waals surface area contributed by atoms with E-state index in [-0.39, 0.29) is 6.54 Å². The molecule has 5 heteroatoms. The molecular formula is C21H26N2O3. The maximum atomic E-state index is 12.2. The van der Waals surface area contributed by atoms with Crippen molar-refractivity contribution in [1.82, 2.24) is 5.32 Å². The topological polar surface area (TPSA) is 67.4 Å². The van der Waals surface area contributed by atoms with Gasteiger partial charge in [0, 0.05) is 12.8 Å². The Kier molecular flexibility index (Phi) is 6.92. The Labute approximate surface area is 154 Å². The molecular weight excluding hydrogens is 328 g/mol. The van der Waals surface area contributed by atoms with Crippen LogP contribution in [0.25, 0.3) is 0 Å². The maximum absolute atomic E-state index is 12.2. The Balaban J connectivity index is 1.99. The third-order valence-corrected chi connectivity index (χ3v) is 4.62. The number of benzene rings is 2. The van der Waals surface area contributed by atoms with Crippen LogP contribution >= 0.6 is 0 Å². The van der Waals surface area contributed by atoms with Gasteiger partial charge in [0.15, 0.2) is 0 Å². The van der Waals surface area contributed by atoms with Crippen LogP contribution in [0.15, 0.2) is 54.6 Å². The van der Waals surface area contributed by atoms with Gasteiger partial charge in [0.2, 0.25) is 0 Å². The van der Waals surface area contributed by atoms with E-state index in [4.69, 9.17) is 4.74 Å². The van der Waals surface area contributed by atoms with Gasteiger partial charge in [-0.1, -0.05) is 56.3 Å². The number of methoxy groups -OCH3 is 1. The second-order valence-corrected chi connectivity index (χ2v) is 6.11. The summed E-state index contributed by atoms with van der Waals surface area (Å²) in [5.74, 6) is -1.38. The van der Waals surface area contributed by atoms with E-state index in [2.05, 4.69) is 17.6 Å². The molecule has 0 aromatic heterocycles. The van der Waals surface area contributed by atoms with Crippen LogP contribution in [0.4, 0.5) is 5.69 Å². The smallest absolute Gasteiger partial charge is 0.313 e. The summed E-state index contributed by atoms with van der Waals surface area (Å²) in [6.45, 7) is 4.26. The highest BCUT2D eigenvalue weighted by molar-refractivity contribution is 6.39. The average Bonchev–Trinajstić information content (AvgIpc) is 2.70. The highest BCUT2D eigenvalue weighted by atomic mass is 16.5. The quantitative estimate of drug-likeness (QED) is 0.750. The summed E-state index contributed by atoms with van der Waals surface area (Å²) in [5.41, 5.74) is 2.06. The molecule has 0 radical (unpaired) electrons. The van der Waals surface area contributed by atoms with Crippen LogP contribution in [0, 0.1) is 0 Å². The number of hydrogen-bond acceptors (Lipinski definition) is 3. The molecule has 2 rings (SSSR count). The molecule has 0 aliphatic carbocycles. The Morgan fingerprint density at radius 1 is 0.962 bits per heavy atom. The fraction of sp³-hybridized carbons (Fsp3) is 0.333. The largest absolute Gasteiger partial charge is 0.372 e. The van der Waals surface area contributed by atoms with Gasteiger partial charge in [-0.2, -0.15) is 0 Å². The molecule has 0 heterocycles. The molecule has 0 saturated heterocycles. The van der Waals surface area contributed by atoms with Gasteiger partial charge in [0.25, 0.3) is 0 Å². The van der Waals surface area contributed by atoms with Crippen LogP contribution in [0.3, 0.4) is 0 Å². The Bertz CT molecular complexity index is 723. The third-order valence-electron chi connectivity index (χ3n) is 4.62. The van der Waals surface area contributed by atoms with Crippen LogP contribution in [0.2, 0.25) is 0 Å². The highest BCUT2D eigenvalue weighted by Gasteiger charge is 2.31. The Morgan fingerprint density at radius 3 is 2.15 bits per heavy atom. The molecule has 0 saturated carbocycles. The number of ether oxygens (including phenoxy) is 1. The summed E-state index contributed by atoms with van der Waals surface area (Å²) in [5, 5.41) is 5.30. The van der Waals surface area contributed by atoms with Crippen LogP contribution in [0.1, 0.15) is 31.4 Å². The number of aryl methyl sites for hydroxylation is 1. The predicted molar refractivity (Wildman–Crippen MR) is 103 cm³/mol. The summed E-state index contributed by atoms with van der Waals surface area (Å²) in [7, 11) is 1.61. The van der Waals surface area contributed by atoms with Crippen molar-refractivity contribution in [1.29, 1.82) is 0 Å². The Hall–Kier alpha value is -2.66. The Morgan fingerprint density at radius 2 is 1.62 bits per heavy atom. The van der Waals surface area contributed by atoms with Crippen molar-refractivity contribution < 1.29 is 14.3 Å². The SMILES string of the molecule is CCc1ccc(NC(=O)C(=O)NCC(CC)(OC)c2ccccc2)cc1. The first-order valence-corrected chi connectivity index (χ1v) is 8.83. The van der Waals surface area contributed by atoms with E-state index in [1.807, 2.05) is 49.4 Å². The van der Waals surface area contributed by atoms with Gasteiger partial charge < -0.3 is 15.4 Å². The zero-order valence-electron chi connectivity index (χ0n) is 15.5. The van der Waals surface area contributed by atoms with Crippen molar-refractivity contribution in [2.24, 2.45) is 0 Å². The lowest BCUT2D eigenvalue weighted by atomic mass is 9.90. The minimum atomic E-state index is -0.691. The summed E-state index contributed by atoms with van der Waals surface area (Å²) >= 11 is 0. The van der Waals surface area contributed by atoms with E-state index in [1.165, 1.54) is 5.56 Å².